The SMILES string of the molecule is c1cc(-c2ccc3ccccc3c2)cc(N(c2ccc(-c3cccc4oc5c6ccccc6ccc5c34)cc2)c2ccccc2-c2cccc3oc4c5ccccc5ccc4c23)c1. The molecule has 0 saturated heterocycles. The molecule has 3 nitrogen and oxygen atoms in total. The van der Waals surface area contributed by atoms with Gasteiger partial charge in [0.15, 0.2) is 0 Å². The van der Waals surface area contributed by atoms with Crippen LogP contribution in [-0.4, -0.2) is 0 Å². The quantitative estimate of drug-likeness (QED) is 0.168. The van der Waals surface area contributed by atoms with Gasteiger partial charge in [0.2, 0.25) is 0 Å². The predicted molar refractivity (Wildman–Crippen MR) is 265 cm³/mol. The van der Waals surface area contributed by atoms with Gasteiger partial charge in [-0.05, 0) is 110 Å². The zero-order valence-electron chi connectivity index (χ0n) is 34.1. The van der Waals surface area contributed by atoms with Crippen LogP contribution < -0.4 is 4.90 Å². The topological polar surface area (TPSA) is 29.5 Å². The van der Waals surface area contributed by atoms with E-state index < -0.39 is 0 Å². The molecule has 0 amide bonds. The Labute approximate surface area is 363 Å². The number of benzene rings is 11. The van der Waals surface area contributed by atoms with Gasteiger partial charge in [-0.1, -0.05) is 164 Å². The lowest BCUT2D eigenvalue weighted by atomic mass is 9.95. The summed E-state index contributed by atoms with van der Waals surface area (Å²) >= 11 is 0. The van der Waals surface area contributed by atoms with E-state index >= 15 is 0 Å². The zero-order chi connectivity index (χ0) is 41.4. The van der Waals surface area contributed by atoms with Crippen molar-refractivity contribution in [3.63, 3.8) is 0 Å². The third kappa shape index (κ3) is 5.67. The highest BCUT2D eigenvalue weighted by Gasteiger charge is 2.22. The van der Waals surface area contributed by atoms with Gasteiger partial charge in [0.05, 0.1) is 5.69 Å². The van der Waals surface area contributed by atoms with Gasteiger partial charge < -0.3 is 13.7 Å². The van der Waals surface area contributed by atoms with Gasteiger partial charge in [0.1, 0.15) is 22.3 Å². The van der Waals surface area contributed by atoms with Crippen LogP contribution in [0.1, 0.15) is 0 Å². The van der Waals surface area contributed by atoms with Crippen molar-refractivity contribution >= 4 is 93.3 Å². The van der Waals surface area contributed by atoms with Crippen LogP contribution in [0.25, 0.3) is 110 Å². The minimum absolute atomic E-state index is 0.872. The van der Waals surface area contributed by atoms with E-state index in [1.165, 1.54) is 21.7 Å². The molecule has 2 heterocycles. The van der Waals surface area contributed by atoms with Crippen LogP contribution in [0, 0.1) is 0 Å². The molecule has 0 bridgehead atoms. The Morgan fingerprint density at radius 2 is 0.810 bits per heavy atom. The highest BCUT2D eigenvalue weighted by molar-refractivity contribution is 6.21. The number of furan rings is 2. The molecule has 13 aromatic rings. The third-order valence-electron chi connectivity index (χ3n) is 12.8. The van der Waals surface area contributed by atoms with Gasteiger partial charge >= 0.3 is 0 Å². The predicted octanol–water partition coefficient (Wildman–Crippen LogP) is 17.4. The first kappa shape index (κ1) is 35.4. The standard InChI is InChI=1S/C60H37NO2/c1-2-15-42-36-44(27-26-38(42)12-1)43-16-9-17-46(37-43)61(45-32-28-41(29-33-45)47-21-10-24-55-57(47)52-34-30-39-13-3-5-18-48(39)59(52)62-55)54-23-8-7-20-50(54)51-22-11-25-56-58(51)53-35-31-40-14-4-6-19-49(40)60(53)63-56/h1-37H. The van der Waals surface area contributed by atoms with Crippen LogP contribution in [0.4, 0.5) is 17.1 Å². The first-order valence-electron chi connectivity index (χ1n) is 21.5. The summed E-state index contributed by atoms with van der Waals surface area (Å²) in [6.07, 6.45) is 0. The molecule has 0 radical (unpaired) electrons. The number of hydrogen-bond acceptors (Lipinski definition) is 3. The van der Waals surface area contributed by atoms with E-state index in [1.54, 1.807) is 0 Å². The van der Waals surface area contributed by atoms with Gasteiger partial charge in [-0.15, -0.1) is 0 Å². The Kier molecular flexibility index (Phi) is 7.91. The molecule has 0 spiro atoms. The van der Waals surface area contributed by atoms with Crippen molar-refractivity contribution in [3.8, 4) is 33.4 Å². The van der Waals surface area contributed by atoms with Crippen molar-refractivity contribution in [2.45, 2.75) is 0 Å². The second kappa shape index (κ2) is 14.1. The third-order valence-corrected chi connectivity index (χ3v) is 12.8. The summed E-state index contributed by atoms with van der Waals surface area (Å²) in [6, 6.07) is 80.5. The lowest BCUT2D eigenvalue weighted by Gasteiger charge is -2.28. The number of nitrogens with zero attached hydrogens (tertiary/aromatic N) is 1. The van der Waals surface area contributed by atoms with Crippen molar-refractivity contribution < 1.29 is 8.83 Å². The molecule has 63 heavy (non-hydrogen) atoms. The average molecular weight is 804 g/mol. The van der Waals surface area contributed by atoms with Crippen LogP contribution in [-0.2, 0) is 0 Å². The van der Waals surface area contributed by atoms with Crippen molar-refractivity contribution in [2.75, 3.05) is 4.90 Å². The Balaban J connectivity index is 1.00. The van der Waals surface area contributed by atoms with Crippen molar-refractivity contribution in [1.82, 2.24) is 0 Å². The second-order valence-corrected chi connectivity index (χ2v) is 16.4. The van der Waals surface area contributed by atoms with Crippen LogP contribution >= 0.6 is 0 Å². The monoisotopic (exact) mass is 803 g/mol. The summed E-state index contributed by atoms with van der Waals surface area (Å²) in [6.45, 7) is 0. The molecule has 0 unspecified atom stereocenters. The van der Waals surface area contributed by atoms with Crippen molar-refractivity contribution in [1.29, 1.82) is 0 Å². The lowest BCUT2D eigenvalue weighted by molar-refractivity contribution is 0.672. The van der Waals surface area contributed by atoms with Crippen LogP contribution in [0.3, 0.4) is 0 Å². The number of anilines is 3. The van der Waals surface area contributed by atoms with Gasteiger partial charge in [0, 0.05) is 49.3 Å². The van der Waals surface area contributed by atoms with E-state index in [1.807, 2.05) is 0 Å². The molecular weight excluding hydrogens is 767 g/mol. The highest BCUT2D eigenvalue weighted by atomic mass is 16.3. The molecule has 3 heteroatoms. The van der Waals surface area contributed by atoms with E-state index in [4.69, 9.17) is 8.83 Å². The van der Waals surface area contributed by atoms with Gasteiger partial charge in [0.25, 0.3) is 0 Å². The molecule has 0 atom stereocenters. The average Bonchev–Trinajstić information content (AvgIpc) is 3.94. The molecule has 294 valence electrons. The smallest absolute Gasteiger partial charge is 0.143 e. The van der Waals surface area contributed by atoms with Crippen LogP contribution in [0.2, 0.25) is 0 Å². The molecule has 13 rings (SSSR count). The maximum absolute atomic E-state index is 6.70. The first-order valence-corrected chi connectivity index (χ1v) is 21.5. The summed E-state index contributed by atoms with van der Waals surface area (Å²) in [7, 11) is 0. The minimum Gasteiger partial charge on any atom is -0.455 e. The zero-order valence-corrected chi connectivity index (χ0v) is 34.1. The van der Waals surface area contributed by atoms with Crippen LogP contribution in [0.5, 0.6) is 0 Å². The maximum atomic E-state index is 6.70. The number of rotatable bonds is 6. The largest absolute Gasteiger partial charge is 0.455 e. The molecule has 0 fully saturated rings. The summed E-state index contributed by atoms with van der Waals surface area (Å²) in [5.74, 6) is 0. The van der Waals surface area contributed by atoms with E-state index in [-0.39, 0.29) is 0 Å². The summed E-state index contributed by atoms with van der Waals surface area (Å²) in [5, 5.41) is 11.5. The molecule has 0 saturated carbocycles. The minimum atomic E-state index is 0.872. The normalized spacial score (nSPS) is 11.8. The van der Waals surface area contributed by atoms with E-state index in [0.717, 1.165) is 105 Å². The fourth-order valence-corrected chi connectivity index (χ4v) is 9.88. The maximum Gasteiger partial charge on any atom is 0.143 e. The summed E-state index contributed by atoms with van der Waals surface area (Å²) in [5.41, 5.74) is 13.6. The highest BCUT2D eigenvalue weighted by Crippen LogP contribution is 2.47. The van der Waals surface area contributed by atoms with E-state index in [9.17, 15) is 0 Å². The number of fused-ring (bicyclic) bond motifs is 11. The van der Waals surface area contributed by atoms with Crippen molar-refractivity contribution in [2.24, 2.45) is 0 Å². The molecular formula is C60H37NO2. The summed E-state index contributed by atoms with van der Waals surface area (Å²) < 4.78 is 13.3. The Hall–Kier alpha value is -8.40. The Morgan fingerprint density at radius 3 is 1.52 bits per heavy atom. The van der Waals surface area contributed by atoms with E-state index in [2.05, 4.69) is 229 Å². The van der Waals surface area contributed by atoms with Crippen LogP contribution in [0.15, 0.2) is 233 Å². The molecule has 11 aromatic carbocycles. The van der Waals surface area contributed by atoms with Gasteiger partial charge in [-0.25, -0.2) is 0 Å². The fraction of sp³-hybridized carbons (Fsp3) is 0. The van der Waals surface area contributed by atoms with E-state index in [0.29, 0.717) is 0 Å². The Morgan fingerprint density at radius 1 is 0.286 bits per heavy atom. The van der Waals surface area contributed by atoms with Gasteiger partial charge in [-0.2, -0.15) is 0 Å². The molecule has 2 aromatic heterocycles. The molecule has 0 aliphatic carbocycles. The summed E-state index contributed by atoms with van der Waals surface area (Å²) in [4.78, 5) is 2.40. The Bertz CT molecular complexity index is 3930. The number of hydrogen-bond donors (Lipinski definition) is 0. The molecule has 0 aliphatic heterocycles. The first-order chi connectivity index (χ1) is 31.2. The molecule has 0 aliphatic rings. The van der Waals surface area contributed by atoms with Gasteiger partial charge in [-0.3, -0.25) is 0 Å². The second-order valence-electron chi connectivity index (χ2n) is 16.4. The fourth-order valence-electron chi connectivity index (χ4n) is 9.88. The number of para-hydroxylation sites is 1. The van der Waals surface area contributed by atoms with Crippen molar-refractivity contribution in [3.05, 3.63) is 224 Å². The molecule has 0 N–H and O–H groups in total. The lowest BCUT2D eigenvalue weighted by Crippen LogP contribution is -2.11.